The van der Waals surface area contributed by atoms with Gasteiger partial charge in [-0.25, -0.2) is 4.39 Å². The number of phenolic OH excluding ortho intramolecular Hbond substituents is 2. The highest BCUT2D eigenvalue weighted by atomic mass is 19.1. The van der Waals surface area contributed by atoms with Crippen molar-refractivity contribution in [2.45, 2.75) is 26.4 Å². The van der Waals surface area contributed by atoms with E-state index in [0.29, 0.717) is 12.1 Å². The Labute approximate surface area is 117 Å². The average Bonchev–Trinajstić information content (AvgIpc) is 2.43. The number of nitrogens with one attached hydrogen (secondary N) is 1. The molecule has 0 saturated heterocycles. The standard InChI is InChI=1S/C16H18FNO2/c1-10-3-5-13(8-14(10)17)11(2)18-9-12-4-6-15(19)16(20)7-12/h3-8,11,18-20H,9H2,1-2H3. The number of benzene rings is 2. The summed E-state index contributed by atoms with van der Waals surface area (Å²) in [5.74, 6) is -0.487. The van der Waals surface area contributed by atoms with Gasteiger partial charge in [0.05, 0.1) is 0 Å². The van der Waals surface area contributed by atoms with Crippen LogP contribution in [0.3, 0.4) is 0 Å². The monoisotopic (exact) mass is 275 g/mol. The third-order valence-corrected chi connectivity index (χ3v) is 3.35. The Balaban J connectivity index is 2.02. The van der Waals surface area contributed by atoms with Crippen molar-refractivity contribution in [3.63, 3.8) is 0 Å². The lowest BCUT2D eigenvalue weighted by Crippen LogP contribution is -2.18. The first-order chi connectivity index (χ1) is 9.47. The molecule has 4 heteroatoms. The molecule has 3 nitrogen and oxygen atoms in total. The van der Waals surface area contributed by atoms with E-state index in [1.807, 2.05) is 13.0 Å². The molecule has 0 amide bonds. The molecule has 0 aliphatic rings. The van der Waals surface area contributed by atoms with Gasteiger partial charge in [-0.05, 0) is 48.7 Å². The second kappa shape index (κ2) is 5.92. The molecule has 2 aromatic rings. The van der Waals surface area contributed by atoms with Crippen LogP contribution in [0.25, 0.3) is 0 Å². The Morgan fingerprint density at radius 3 is 2.50 bits per heavy atom. The normalized spacial score (nSPS) is 12.3. The summed E-state index contributed by atoms with van der Waals surface area (Å²) in [6.07, 6.45) is 0. The highest BCUT2D eigenvalue weighted by molar-refractivity contribution is 5.40. The first kappa shape index (κ1) is 14.3. The summed E-state index contributed by atoms with van der Waals surface area (Å²) in [7, 11) is 0. The van der Waals surface area contributed by atoms with E-state index in [0.717, 1.165) is 11.1 Å². The number of phenols is 2. The van der Waals surface area contributed by atoms with Crippen molar-refractivity contribution in [3.8, 4) is 11.5 Å². The molecule has 3 N–H and O–H groups in total. The molecule has 0 radical (unpaired) electrons. The average molecular weight is 275 g/mol. The van der Waals surface area contributed by atoms with Gasteiger partial charge in [-0.15, -0.1) is 0 Å². The molecule has 0 aromatic heterocycles. The maximum absolute atomic E-state index is 13.5. The smallest absolute Gasteiger partial charge is 0.157 e. The van der Waals surface area contributed by atoms with Gasteiger partial charge in [0, 0.05) is 12.6 Å². The molecule has 2 rings (SSSR count). The minimum absolute atomic E-state index is 0.0129. The largest absolute Gasteiger partial charge is 0.504 e. The van der Waals surface area contributed by atoms with Gasteiger partial charge in [0.25, 0.3) is 0 Å². The van der Waals surface area contributed by atoms with Crippen LogP contribution >= 0.6 is 0 Å². The second-order valence-corrected chi connectivity index (χ2v) is 4.93. The Hall–Kier alpha value is -2.07. The number of rotatable bonds is 4. The van der Waals surface area contributed by atoms with E-state index in [-0.39, 0.29) is 23.4 Å². The zero-order valence-corrected chi connectivity index (χ0v) is 11.5. The van der Waals surface area contributed by atoms with Crippen LogP contribution in [0.2, 0.25) is 0 Å². The van der Waals surface area contributed by atoms with Crippen molar-refractivity contribution in [2.24, 2.45) is 0 Å². The molecule has 1 unspecified atom stereocenters. The quantitative estimate of drug-likeness (QED) is 0.750. The number of halogens is 1. The van der Waals surface area contributed by atoms with Gasteiger partial charge < -0.3 is 15.5 Å². The molecule has 0 heterocycles. The van der Waals surface area contributed by atoms with Gasteiger partial charge in [0.15, 0.2) is 11.5 Å². The number of aryl methyl sites for hydroxylation is 1. The minimum atomic E-state index is -0.210. The van der Waals surface area contributed by atoms with E-state index in [9.17, 15) is 14.6 Å². The van der Waals surface area contributed by atoms with Crippen molar-refractivity contribution in [1.82, 2.24) is 5.32 Å². The maximum atomic E-state index is 13.5. The zero-order chi connectivity index (χ0) is 14.7. The Morgan fingerprint density at radius 1 is 1.10 bits per heavy atom. The number of hydrogen-bond acceptors (Lipinski definition) is 3. The fourth-order valence-electron chi connectivity index (χ4n) is 1.95. The Bertz CT molecular complexity index is 613. The summed E-state index contributed by atoms with van der Waals surface area (Å²) in [6, 6.07) is 9.85. The highest BCUT2D eigenvalue weighted by Crippen LogP contribution is 2.25. The van der Waals surface area contributed by atoms with E-state index < -0.39 is 0 Å². The second-order valence-electron chi connectivity index (χ2n) is 4.93. The summed E-state index contributed by atoms with van der Waals surface area (Å²) in [5, 5.41) is 21.9. The van der Waals surface area contributed by atoms with Gasteiger partial charge in [0.1, 0.15) is 5.82 Å². The number of hydrogen-bond donors (Lipinski definition) is 3. The maximum Gasteiger partial charge on any atom is 0.157 e. The van der Waals surface area contributed by atoms with Crippen molar-refractivity contribution in [1.29, 1.82) is 0 Å². The first-order valence-electron chi connectivity index (χ1n) is 6.47. The lowest BCUT2D eigenvalue weighted by molar-refractivity contribution is 0.402. The molecule has 0 aliphatic heterocycles. The number of aromatic hydroxyl groups is 2. The van der Waals surface area contributed by atoms with E-state index >= 15 is 0 Å². The van der Waals surface area contributed by atoms with E-state index in [1.165, 1.54) is 18.2 Å². The van der Waals surface area contributed by atoms with Crippen molar-refractivity contribution >= 4 is 0 Å². The first-order valence-corrected chi connectivity index (χ1v) is 6.47. The SMILES string of the molecule is Cc1ccc(C(C)NCc2ccc(O)c(O)c2)cc1F. The van der Waals surface area contributed by atoms with Crippen LogP contribution in [0.5, 0.6) is 11.5 Å². The van der Waals surface area contributed by atoms with Crippen LogP contribution < -0.4 is 5.32 Å². The lowest BCUT2D eigenvalue weighted by Gasteiger charge is -2.15. The molecule has 2 aromatic carbocycles. The van der Waals surface area contributed by atoms with Crippen LogP contribution in [0.15, 0.2) is 36.4 Å². The summed E-state index contributed by atoms with van der Waals surface area (Å²) in [4.78, 5) is 0. The third kappa shape index (κ3) is 3.27. The molecule has 0 spiro atoms. The van der Waals surface area contributed by atoms with Crippen LogP contribution in [0.4, 0.5) is 4.39 Å². The molecule has 20 heavy (non-hydrogen) atoms. The molecule has 0 fully saturated rings. The predicted molar refractivity (Wildman–Crippen MR) is 76.2 cm³/mol. The van der Waals surface area contributed by atoms with Crippen LogP contribution in [0.1, 0.15) is 29.7 Å². The van der Waals surface area contributed by atoms with Crippen molar-refractivity contribution in [3.05, 3.63) is 58.9 Å². The summed E-state index contributed by atoms with van der Waals surface area (Å²) >= 11 is 0. The van der Waals surface area contributed by atoms with Crippen LogP contribution in [-0.2, 0) is 6.54 Å². The minimum Gasteiger partial charge on any atom is -0.504 e. The Kier molecular flexibility index (Phi) is 4.25. The third-order valence-electron chi connectivity index (χ3n) is 3.35. The summed E-state index contributed by atoms with van der Waals surface area (Å²) in [6.45, 7) is 4.20. The van der Waals surface area contributed by atoms with Crippen molar-refractivity contribution in [2.75, 3.05) is 0 Å². The van der Waals surface area contributed by atoms with Gasteiger partial charge in [0.2, 0.25) is 0 Å². The Morgan fingerprint density at radius 2 is 1.85 bits per heavy atom. The molecule has 0 saturated carbocycles. The molecule has 106 valence electrons. The fourth-order valence-corrected chi connectivity index (χ4v) is 1.95. The molecular formula is C16H18FNO2. The van der Waals surface area contributed by atoms with Crippen molar-refractivity contribution < 1.29 is 14.6 Å². The molecule has 1 atom stereocenters. The highest BCUT2D eigenvalue weighted by Gasteiger charge is 2.08. The summed E-state index contributed by atoms with van der Waals surface area (Å²) in [5.41, 5.74) is 2.35. The van der Waals surface area contributed by atoms with E-state index in [4.69, 9.17) is 0 Å². The zero-order valence-electron chi connectivity index (χ0n) is 11.5. The van der Waals surface area contributed by atoms with E-state index in [1.54, 1.807) is 19.1 Å². The summed E-state index contributed by atoms with van der Waals surface area (Å²) < 4.78 is 13.5. The topological polar surface area (TPSA) is 52.5 Å². The van der Waals surface area contributed by atoms with Crippen LogP contribution in [-0.4, -0.2) is 10.2 Å². The fraction of sp³-hybridized carbons (Fsp3) is 0.250. The van der Waals surface area contributed by atoms with Gasteiger partial charge in [-0.3, -0.25) is 0 Å². The lowest BCUT2D eigenvalue weighted by atomic mass is 10.1. The molecular weight excluding hydrogens is 257 g/mol. The predicted octanol–water partition coefficient (Wildman–Crippen LogP) is 3.40. The van der Waals surface area contributed by atoms with Crippen LogP contribution in [0, 0.1) is 12.7 Å². The van der Waals surface area contributed by atoms with E-state index in [2.05, 4.69) is 5.32 Å². The van der Waals surface area contributed by atoms with Gasteiger partial charge >= 0.3 is 0 Å². The molecule has 0 bridgehead atoms. The van der Waals surface area contributed by atoms with Gasteiger partial charge in [-0.1, -0.05) is 18.2 Å². The van der Waals surface area contributed by atoms with Gasteiger partial charge in [-0.2, -0.15) is 0 Å². The molecule has 0 aliphatic carbocycles.